The van der Waals surface area contributed by atoms with Crippen molar-refractivity contribution in [1.82, 2.24) is 9.97 Å². The molecule has 3 N–H and O–H groups in total. The van der Waals surface area contributed by atoms with Crippen molar-refractivity contribution in [2.75, 3.05) is 11.9 Å². The second-order valence-corrected chi connectivity index (χ2v) is 3.47. The van der Waals surface area contributed by atoms with E-state index in [1.807, 2.05) is 0 Å². The van der Waals surface area contributed by atoms with Gasteiger partial charge in [0.05, 0.1) is 5.69 Å². The summed E-state index contributed by atoms with van der Waals surface area (Å²) in [5, 5.41) is 2.85. The number of unbranched alkanes of at least 4 members (excludes halogenated alkanes) is 1. The highest BCUT2D eigenvalue weighted by atomic mass is 19.1. The van der Waals surface area contributed by atoms with E-state index in [1.54, 1.807) is 6.92 Å². The maximum atomic E-state index is 13.4. The van der Waals surface area contributed by atoms with Gasteiger partial charge in [0, 0.05) is 13.0 Å². The van der Waals surface area contributed by atoms with Gasteiger partial charge in [0.1, 0.15) is 6.33 Å². The molecular weight excluding hydrogens is 211 g/mol. The van der Waals surface area contributed by atoms with Crippen LogP contribution in [0.25, 0.3) is 0 Å². The molecule has 88 valence electrons. The number of nitrogens with zero attached hydrogens (tertiary/aromatic N) is 2. The molecule has 0 fully saturated rings. The number of rotatable bonds is 6. The Morgan fingerprint density at radius 1 is 1.50 bits per heavy atom. The van der Waals surface area contributed by atoms with Crippen LogP contribution in [0, 0.1) is 12.7 Å². The van der Waals surface area contributed by atoms with Crippen LogP contribution >= 0.6 is 0 Å². The Kier molecular flexibility index (Phi) is 4.63. The average molecular weight is 226 g/mol. The quantitative estimate of drug-likeness (QED) is 0.709. The van der Waals surface area contributed by atoms with Crippen LogP contribution in [-0.4, -0.2) is 22.4 Å². The van der Waals surface area contributed by atoms with Crippen LogP contribution < -0.4 is 11.1 Å². The van der Waals surface area contributed by atoms with E-state index in [0.717, 1.165) is 6.42 Å². The molecular formula is C10H15FN4O. The SMILES string of the molecule is Cc1ncnc(NCCCCC(N)=O)c1F. The summed E-state index contributed by atoms with van der Waals surface area (Å²) in [7, 11) is 0. The number of primary amides is 1. The van der Waals surface area contributed by atoms with Crippen molar-refractivity contribution in [2.45, 2.75) is 26.2 Å². The predicted octanol–water partition coefficient (Wildman–Crippen LogP) is 0.992. The predicted molar refractivity (Wildman–Crippen MR) is 58.3 cm³/mol. The molecule has 0 radical (unpaired) electrons. The molecule has 1 amide bonds. The smallest absolute Gasteiger partial charge is 0.217 e. The zero-order chi connectivity index (χ0) is 12.0. The first-order valence-electron chi connectivity index (χ1n) is 5.10. The third kappa shape index (κ3) is 3.80. The Balaban J connectivity index is 2.32. The fraction of sp³-hybridized carbons (Fsp3) is 0.500. The Hall–Kier alpha value is -1.72. The molecule has 1 rings (SSSR count). The summed E-state index contributed by atoms with van der Waals surface area (Å²) >= 11 is 0. The van der Waals surface area contributed by atoms with Gasteiger partial charge in [-0.1, -0.05) is 0 Å². The van der Waals surface area contributed by atoms with Gasteiger partial charge in [-0.2, -0.15) is 0 Å². The summed E-state index contributed by atoms with van der Waals surface area (Å²) in [6.45, 7) is 2.13. The number of hydrogen-bond acceptors (Lipinski definition) is 4. The third-order valence-corrected chi connectivity index (χ3v) is 2.11. The minimum absolute atomic E-state index is 0.201. The topological polar surface area (TPSA) is 80.9 Å². The number of hydrogen-bond donors (Lipinski definition) is 2. The van der Waals surface area contributed by atoms with E-state index >= 15 is 0 Å². The lowest BCUT2D eigenvalue weighted by molar-refractivity contribution is -0.118. The van der Waals surface area contributed by atoms with E-state index in [9.17, 15) is 9.18 Å². The van der Waals surface area contributed by atoms with Crippen molar-refractivity contribution >= 4 is 11.7 Å². The first-order chi connectivity index (χ1) is 7.61. The first kappa shape index (κ1) is 12.4. The number of anilines is 1. The van der Waals surface area contributed by atoms with E-state index in [4.69, 9.17) is 5.73 Å². The molecule has 1 aromatic heterocycles. The van der Waals surface area contributed by atoms with Crippen LogP contribution in [0.2, 0.25) is 0 Å². The molecule has 0 unspecified atom stereocenters. The number of nitrogens with one attached hydrogen (secondary N) is 1. The summed E-state index contributed by atoms with van der Waals surface area (Å²) in [5.74, 6) is -0.548. The van der Waals surface area contributed by atoms with Gasteiger partial charge in [0.2, 0.25) is 5.91 Å². The van der Waals surface area contributed by atoms with Gasteiger partial charge in [-0.15, -0.1) is 0 Å². The molecule has 6 heteroatoms. The molecule has 0 aliphatic rings. The Labute approximate surface area is 93.3 Å². The van der Waals surface area contributed by atoms with Gasteiger partial charge < -0.3 is 11.1 Å². The lowest BCUT2D eigenvalue weighted by Crippen LogP contribution is -2.11. The Morgan fingerprint density at radius 3 is 2.94 bits per heavy atom. The molecule has 16 heavy (non-hydrogen) atoms. The Morgan fingerprint density at radius 2 is 2.25 bits per heavy atom. The lowest BCUT2D eigenvalue weighted by atomic mass is 10.2. The number of amides is 1. The van der Waals surface area contributed by atoms with Crippen molar-refractivity contribution in [3.63, 3.8) is 0 Å². The molecule has 0 saturated heterocycles. The van der Waals surface area contributed by atoms with Gasteiger partial charge in [-0.25, -0.2) is 14.4 Å². The van der Waals surface area contributed by atoms with E-state index < -0.39 is 5.82 Å². The highest BCUT2D eigenvalue weighted by Crippen LogP contribution is 2.11. The second kappa shape index (κ2) is 5.99. The number of nitrogens with two attached hydrogens (primary N) is 1. The van der Waals surface area contributed by atoms with Crippen molar-refractivity contribution in [2.24, 2.45) is 5.73 Å². The highest BCUT2D eigenvalue weighted by Gasteiger charge is 2.06. The summed E-state index contributed by atoms with van der Waals surface area (Å²) in [4.78, 5) is 18.0. The minimum Gasteiger partial charge on any atom is -0.370 e. The average Bonchev–Trinajstić information content (AvgIpc) is 2.23. The molecule has 1 heterocycles. The molecule has 0 atom stereocenters. The summed E-state index contributed by atoms with van der Waals surface area (Å²) < 4.78 is 13.4. The molecule has 0 aliphatic carbocycles. The van der Waals surface area contributed by atoms with Gasteiger partial charge in [0.15, 0.2) is 11.6 Å². The normalized spacial score (nSPS) is 10.1. The van der Waals surface area contributed by atoms with Crippen LogP contribution in [0.15, 0.2) is 6.33 Å². The molecule has 0 saturated carbocycles. The van der Waals surface area contributed by atoms with Gasteiger partial charge in [-0.3, -0.25) is 4.79 Å². The van der Waals surface area contributed by atoms with Crippen LogP contribution in [0.3, 0.4) is 0 Å². The number of aromatic nitrogens is 2. The van der Waals surface area contributed by atoms with E-state index in [2.05, 4.69) is 15.3 Å². The van der Waals surface area contributed by atoms with Crippen molar-refractivity contribution < 1.29 is 9.18 Å². The molecule has 0 spiro atoms. The summed E-state index contributed by atoms with van der Waals surface area (Å²) in [6, 6.07) is 0. The van der Waals surface area contributed by atoms with E-state index in [-0.39, 0.29) is 11.7 Å². The fourth-order valence-electron chi connectivity index (χ4n) is 1.21. The van der Waals surface area contributed by atoms with Crippen molar-refractivity contribution in [3.8, 4) is 0 Å². The van der Waals surface area contributed by atoms with Crippen LogP contribution in [0.4, 0.5) is 10.2 Å². The molecule has 5 nitrogen and oxygen atoms in total. The van der Waals surface area contributed by atoms with Gasteiger partial charge in [0.25, 0.3) is 0 Å². The maximum Gasteiger partial charge on any atom is 0.217 e. The van der Waals surface area contributed by atoms with Crippen LogP contribution in [0.5, 0.6) is 0 Å². The van der Waals surface area contributed by atoms with E-state index in [0.29, 0.717) is 25.1 Å². The first-order valence-corrected chi connectivity index (χ1v) is 5.10. The van der Waals surface area contributed by atoms with E-state index in [1.165, 1.54) is 6.33 Å². The van der Waals surface area contributed by atoms with Crippen molar-refractivity contribution in [3.05, 3.63) is 17.8 Å². The third-order valence-electron chi connectivity index (χ3n) is 2.11. The molecule has 1 aromatic rings. The van der Waals surface area contributed by atoms with Gasteiger partial charge >= 0.3 is 0 Å². The van der Waals surface area contributed by atoms with Crippen LogP contribution in [0.1, 0.15) is 25.0 Å². The summed E-state index contributed by atoms with van der Waals surface area (Å²) in [5.41, 5.74) is 5.30. The number of aryl methyl sites for hydroxylation is 1. The molecule has 0 aliphatic heterocycles. The zero-order valence-corrected chi connectivity index (χ0v) is 9.16. The molecule has 0 bridgehead atoms. The highest BCUT2D eigenvalue weighted by molar-refractivity contribution is 5.73. The summed E-state index contributed by atoms with van der Waals surface area (Å²) in [6.07, 6.45) is 3.09. The fourth-order valence-corrected chi connectivity index (χ4v) is 1.21. The number of carbonyl (C=O) groups is 1. The molecule has 0 aromatic carbocycles. The van der Waals surface area contributed by atoms with Gasteiger partial charge in [-0.05, 0) is 19.8 Å². The minimum atomic E-state index is -0.433. The zero-order valence-electron chi connectivity index (χ0n) is 9.16. The number of halogens is 1. The lowest BCUT2D eigenvalue weighted by Gasteiger charge is -2.06. The largest absolute Gasteiger partial charge is 0.370 e. The van der Waals surface area contributed by atoms with Crippen molar-refractivity contribution in [1.29, 1.82) is 0 Å². The maximum absolute atomic E-state index is 13.4. The Bertz CT molecular complexity index is 370. The standard InChI is InChI=1S/C10H15FN4O/c1-7-9(11)10(15-6-14-7)13-5-3-2-4-8(12)16/h6H,2-5H2,1H3,(H2,12,16)(H,13,14,15). The monoisotopic (exact) mass is 226 g/mol. The van der Waals surface area contributed by atoms with Crippen LogP contribution in [-0.2, 0) is 4.79 Å². The second-order valence-electron chi connectivity index (χ2n) is 3.47. The number of carbonyl (C=O) groups excluding carboxylic acids is 1.